The molecule has 3 rings (SSSR count). The van der Waals surface area contributed by atoms with Crippen molar-refractivity contribution in [3.05, 3.63) is 76.1 Å². The molecule has 0 fully saturated rings. The lowest BCUT2D eigenvalue weighted by molar-refractivity contribution is -0.384. The van der Waals surface area contributed by atoms with Crippen LogP contribution in [-0.4, -0.2) is 19.9 Å². The number of nitro groups is 1. The van der Waals surface area contributed by atoms with Gasteiger partial charge >= 0.3 is 0 Å². The molecular formula is C17H17N5O2. The molecule has 1 N–H and O–H groups in total. The topological polar surface area (TPSA) is 85.9 Å². The van der Waals surface area contributed by atoms with Gasteiger partial charge in [0, 0.05) is 17.8 Å². The zero-order valence-corrected chi connectivity index (χ0v) is 13.4. The Balaban J connectivity index is 1.77. The van der Waals surface area contributed by atoms with Gasteiger partial charge in [-0.1, -0.05) is 23.4 Å². The Bertz CT molecular complexity index is 860. The molecule has 1 atom stereocenters. The zero-order chi connectivity index (χ0) is 17.1. The van der Waals surface area contributed by atoms with E-state index in [0.717, 1.165) is 22.6 Å². The SMILES string of the molecule is Cc1cc([N+](=O)[O-])ccc1NC(C)c1cn(-c2ccccc2)nn1. The largest absolute Gasteiger partial charge is 0.377 e. The highest BCUT2D eigenvalue weighted by Gasteiger charge is 2.13. The van der Waals surface area contributed by atoms with Gasteiger partial charge in [-0.25, -0.2) is 4.68 Å². The molecule has 1 aromatic heterocycles. The summed E-state index contributed by atoms with van der Waals surface area (Å²) in [6, 6.07) is 14.4. The third-order valence-corrected chi connectivity index (χ3v) is 3.77. The van der Waals surface area contributed by atoms with Gasteiger partial charge in [-0.2, -0.15) is 0 Å². The number of para-hydroxylation sites is 1. The summed E-state index contributed by atoms with van der Waals surface area (Å²) < 4.78 is 1.72. The lowest BCUT2D eigenvalue weighted by atomic mass is 10.1. The summed E-state index contributed by atoms with van der Waals surface area (Å²) in [6.07, 6.45) is 1.87. The van der Waals surface area contributed by atoms with E-state index in [4.69, 9.17) is 0 Å². The maximum atomic E-state index is 10.8. The van der Waals surface area contributed by atoms with Gasteiger partial charge in [-0.15, -0.1) is 5.10 Å². The average molecular weight is 323 g/mol. The van der Waals surface area contributed by atoms with Crippen LogP contribution >= 0.6 is 0 Å². The average Bonchev–Trinajstić information content (AvgIpc) is 3.07. The summed E-state index contributed by atoms with van der Waals surface area (Å²) in [7, 11) is 0. The molecule has 24 heavy (non-hydrogen) atoms. The molecule has 0 aliphatic heterocycles. The first kappa shape index (κ1) is 15.7. The monoisotopic (exact) mass is 323 g/mol. The highest BCUT2D eigenvalue weighted by molar-refractivity contribution is 5.56. The van der Waals surface area contributed by atoms with Crippen molar-refractivity contribution in [3.63, 3.8) is 0 Å². The molecule has 0 saturated carbocycles. The van der Waals surface area contributed by atoms with Crippen molar-refractivity contribution in [1.82, 2.24) is 15.0 Å². The van der Waals surface area contributed by atoms with E-state index in [1.54, 1.807) is 16.8 Å². The summed E-state index contributed by atoms with van der Waals surface area (Å²) >= 11 is 0. The van der Waals surface area contributed by atoms with Crippen molar-refractivity contribution in [3.8, 4) is 5.69 Å². The first-order valence-corrected chi connectivity index (χ1v) is 7.54. The van der Waals surface area contributed by atoms with Crippen LogP contribution in [0.2, 0.25) is 0 Å². The van der Waals surface area contributed by atoms with Crippen molar-refractivity contribution < 1.29 is 4.92 Å². The fourth-order valence-electron chi connectivity index (χ4n) is 2.41. The molecule has 0 radical (unpaired) electrons. The summed E-state index contributed by atoms with van der Waals surface area (Å²) in [4.78, 5) is 10.4. The Labute approximate surface area is 139 Å². The fourth-order valence-corrected chi connectivity index (χ4v) is 2.41. The van der Waals surface area contributed by atoms with E-state index in [9.17, 15) is 10.1 Å². The van der Waals surface area contributed by atoms with E-state index in [1.165, 1.54) is 6.07 Å². The third kappa shape index (κ3) is 3.24. The molecule has 0 spiro atoms. The maximum absolute atomic E-state index is 10.8. The van der Waals surface area contributed by atoms with Crippen LogP contribution in [0.5, 0.6) is 0 Å². The van der Waals surface area contributed by atoms with Crippen LogP contribution in [0.1, 0.15) is 24.2 Å². The van der Waals surface area contributed by atoms with Crippen LogP contribution in [0.15, 0.2) is 54.7 Å². The molecule has 0 saturated heterocycles. The van der Waals surface area contributed by atoms with E-state index in [0.29, 0.717) is 0 Å². The maximum Gasteiger partial charge on any atom is 0.269 e. The van der Waals surface area contributed by atoms with E-state index < -0.39 is 4.92 Å². The van der Waals surface area contributed by atoms with Gasteiger partial charge in [-0.3, -0.25) is 10.1 Å². The summed E-state index contributed by atoms with van der Waals surface area (Å²) in [6.45, 7) is 3.81. The Morgan fingerprint density at radius 2 is 1.96 bits per heavy atom. The van der Waals surface area contributed by atoms with E-state index in [-0.39, 0.29) is 11.7 Å². The van der Waals surface area contributed by atoms with Crippen molar-refractivity contribution in [1.29, 1.82) is 0 Å². The molecule has 122 valence electrons. The summed E-state index contributed by atoms with van der Waals surface area (Å²) in [5, 5.41) is 22.5. The number of aryl methyl sites for hydroxylation is 1. The molecule has 0 amide bonds. The third-order valence-electron chi connectivity index (χ3n) is 3.77. The normalized spacial score (nSPS) is 11.9. The predicted molar refractivity (Wildman–Crippen MR) is 91.2 cm³/mol. The second kappa shape index (κ2) is 6.49. The van der Waals surface area contributed by atoms with Gasteiger partial charge in [0.15, 0.2) is 0 Å². The van der Waals surface area contributed by atoms with E-state index in [1.807, 2.05) is 50.4 Å². The molecular weight excluding hydrogens is 306 g/mol. The van der Waals surface area contributed by atoms with Crippen LogP contribution in [0.4, 0.5) is 11.4 Å². The zero-order valence-electron chi connectivity index (χ0n) is 13.4. The Kier molecular flexibility index (Phi) is 4.24. The van der Waals surface area contributed by atoms with E-state index >= 15 is 0 Å². The smallest absolute Gasteiger partial charge is 0.269 e. The number of nitro benzene ring substituents is 1. The molecule has 7 heteroatoms. The molecule has 1 unspecified atom stereocenters. The number of nitrogens with one attached hydrogen (secondary N) is 1. The van der Waals surface area contributed by atoms with Crippen LogP contribution in [0.25, 0.3) is 5.69 Å². The summed E-state index contributed by atoms with van der Waals surface area (Å²) in [5.74, 6) is 0. The number of anilines is 1. The van der Waals surface area contributed by atoms with Crippen molar-refractivity contribution >= 4 is 11.4 Å². The van der Waals surface area contributed by atoms with Crippen LogP contribution in [0, 0.1) is 17.0 Å². The number of non-ortho nitro benzene ring substituents is 1. The summed E-state index contributed by atoms with van der Waals surface area (Å²) in [5.41, 5.74) is 3.46. The minimum Gasteiger partial charge on any atom is -0.377 e. The Hall–Kier alpha value is -3.22. The second-order valence-corrected chi connectivity index (χ2v) is 5.55. The molecule has 7 nitrogen and oxygen atoms in total. The first-order valence-electron chi connectivity index (χ1n) is 7.54. The Morgan fingerprint density at radius 1 is 1.21 bits per heavy atom. The highest BCUT2D eigenvalue weighted by atomic mass is 16.6. The second-order valence-electron chi connectivity index (χ2n) is 5.55. The van der Waals surface area contributed by atoms with E-state index in [2.05, 4.69) is 15.6 Å². The Morgan fingerprint density at radius 3 is 2.62 bits per heavy atom. The number of rotatable bonds is 5. The first-order chi connectivity index (χ1) is 11.5. The number of nitrogens with zero attached hydrogens (tertiary/aromatic N) is 4. The molecule has 0 bridgehead atoms. The number of hydrogen-bond acceptors (Lipinski definition) is 5. The predicted octanol–water partition coefficient (Wildman–Crippen LogP) is 3.66. The lowest BCUT2D eigenvalue weighted by Crippen LogP contribution is -2.08. The van der Waals surface area contributed by atoms with Crippen LogP contribution in [-0.2, 0) is 0 Å². The quantitative estimate of drug-likeness (QED) is 0.572. The van der Waals surface area contributed by atoms with Crippen molar-refractivity contribution in [2.24, 2.45) is 0 Å². The minimum absolute atomic E-state index is 0.0809. The fraction of sp³-hybridized carbons (Fsp3) is 0.176. The minimum atomic E-state index is -0.397. The van der Waals surface area contributed by atoms with Crippen LogP contribution < -0.4 is 5.32 Å². The van der Waals surface area contributed by atoms with Gasteiger partial charge < -0.3 is 5.32 Å². The van der Waals surface area contributed by atoms with Gasteiger partial charge in [0.1, 0.15) is 5.69 Å². The number of aromatic nitrogens is 3. The standard InChI is InChI=1S/C17H17N5O2/c1-12-10-15(22(23)24)8-9-16(12)18-13(2)17-11-21(20-19-17)14-6-4-3-5-7-14/h3-11,13,18H,1-2H3. The van der Waals surface area contributed by atoms with Crippen molar-refractivity contribution in [2.45, 2.75) is 19.9 Å². The number of hydrogen-bond donors (Lipinski definition) is 1. The highest BCUT2D eigenvalue weighted by Crippen LogP contribution is 2.25. The molecule has 0 aliphatic rings. The van der Waals surface area contributed by atoms with Crippen molar-refractivity contribution in [2.75, 3.05) is 5.32 Å². The molecule has 0 aliphatic carbocycles. The van der Waals surface area contributed by atoms with Gasteiger partial charge in [0.05, 0.1) is 22.8 Å². The van der Waals surface area contributed by atoms with Gasteiger partial charge in [0.2, 0.25) is 0 Å². The molecule has 1 heterocycles. The molecule has 2 aromatic carbocycles. The van der Waals surface area contributed by atoms with Crippen LogP contribution in [0.3, 0.4) is 0 Å². The molecule has 3 aromatic rings. The number of benzene rings is 2. The van der Waals surface area contributed by atoms with Gasteiger partial charge in [0.25, 0.3) is 5.69 Å². The lowest BCUT2D eigenvalue weighted by Gasteiger charge is -2.14. The van der Waals surface area contributed by atoms with Gasteiger partial charge in [-0.05, 0) is 37.6 Å².